The van der Waals surface area contributed by atoms with Gasteiger partial charge in [-0.2, -0.15) is 0 Å². The van der Waals surface area contributed by atoms with Crippen LogP contribution in [0.15, 0.2) is 54.6 Å². The van der Waals surface area contributed by atoms with Crippen LogP contribution in [0.2, 0.25) is 0 Å². The molecular formula is C15H16N2O2. The maximum Gasteiger partial charge on any atom is 0.231 e. The highest BCUT2D eigenvalue weighted by Crippen LogP contribution is 2.20. The molecule has 0 heterocycles. The third kappa shape index (κ3) is 4.44. The van der Waals surface area contributed by atoms with Gasteiger partial charge in [0.15, 0.2) is 0 Å². The van der Waals surface area contributed by atoms with Gasteiger partial charge < -0.3 is 15.8 Å². The van der Waals surface area contributed by atoms with E-state index in [0.717, 1.165) is 17.1 Å². The van der Waals surface area contributed by atoms with E-state index in [1.807, 2.05) is 54.6 Å². The molecule has 0 aliphatic rings. The topological polar surface area (TPSA) is 64.4 Å². The van der Waals surface area contributed by atoms with E-state index in [0.29, 0.717) is 6.54 Å². The van der Waals surface area contributed by atoms with Gasteiger partial charge in [0.25, 0.3) is 0 Å². The predicted molar refractivity (Wildman–Crippen MR) is 73.9 cm³/mol. The Hall–Kier alpha value is -2.33. The summed E-state index contributed by atoms with van der Waals surface area (Å²) in [5.41, 5.74) is 6.12. The summed E-state index contributed by atoms with van der Waals surface area (Å²) in [7, 11) is 0. The number of carbonyl (C=O) groups excluding carboxylic acids is 1. The van der Waals surface area contributed by atoms with Crippen molar-refractivity contribution in [3.05, 3.63) is 60.2 Å². The number of hydrogen-bond acceptors (Lipinski definition) is 3. The molecule has 0 aliphatic carbocycles. The lowest BCUT2D eigenvalue weighted by atomic mass is 10.2. The van der Waals surface area contributed by atoms with Gasteiger partial charge in [0, 0.05) is 6.54 Å². The van der Waals surface area contributed by atoms with Crippen LogP contribution in [0.1, 0.15) is 5.56 Å². The molecule has 4 nitrogen and oxygen atoms in total. The summed E-state index contributed by atoms with van der Waals surface area (Å²) in [5.74, 6) is 1.23. The van der Waals surface area contributed by atoms with E-state index >= 15 is 0 Å². The molecule has 0 aromatic heterocycles. The third-order valence-corrected chi connectivity index (χ3v) is 2.53. The molecule has 0 radical (unpaired) electrons. The first-order chi connectivity index (χ1) is 9.24. The molecule has 0 unspecified atom stereocenters. The van der Waals surface area contributed by atoms with Crippen molar-refractivity contribution in [3.8, 4) is 11.5 Å². The number of hydrogen-bond donors (Lipinski definition) is 2. The van der Waals surface area contributed by atoms with Crippen molar-refractivity contribution < 1.29 is 9.53 Å². The molecule has 0 saturated carbocycles. The summed E-state index contributed by atoms with van der Waals surface area (Å²) < 4.78 is 5.68. The molecule has 2 aromatic carbocycles. The monoisotopic (exact) mass is 256 g/mol. The fourth-order valence-electron chi connectivity index (χ4n) is 1.63. The molecule has 0 bridgehead atoms. The Morgan fingerprint density at radius 2 is 1.63 bits per heavy atom. The molecule has 19 heavy (non-hydrogen) atoms. The first-order valence-electron chi connectivity index (χ1n) is 6.05. The smallest absolute Gasteiger partial charge is 0.231 e. The Kier molecular flexibility index (Phi) is 4.53. The van der Waals surface area contributed by atoms with E-state index in [9.17, 15) is 4.79 Å². The van der Waals surface area contributed by atoms with Gasteiger partial charge >= 0.3 is 0 Å². The summed E-state index contributed by atoms with van der Waals surface area (Å²) in [5, 5.41) is 2.95. The van der Waals surface area contributed by atoms with E-state index in [1.54, 1.807) is 0 Å². The first-order valence-corrected chi connectivity index (χ1v) is 6.05. The minimum Gasteiger partial charge on any atom is -0.457 e. The van der Waals surface area contributed by atoms with E-state index in [2.05, 4.69) is 5.32 Å². The van der Waals surface area contributed by atoms with Crippen LogP contribution in [0.4, 0.5) is 0 Å². The number of amides is 1. The number of ether oxygens (including phenoxy) is 1. The minimum atomic E-state index is -0.357. The van der Waals surface area contributed by atoms with Gasteiger partial charge in [-0.05, 0) is 29.8 Å². The lowest BCUT2D eigenvalue weighted by molar-refractivity contribution is -0.117. The summed E-state index contributed by atoms with van der Waals surface area (Å²) in [4.78, 5) is 10.6. The van der Waals surface area contributed by atoms with Gasteiger partial charge in [0.2, 0.25) is 5.91 Å². The number of para-hydroxylation sites is 1. The molecule has 2 rings (SSSR count). The highest BCUT2D eigenvalue weighted by molar-refractivity contribution is 5.75. The molecule has 0 spiro atoms. The van der Waals surface area contributed by atoms with E-state index < -0.39 is 0 Å². The van der Waals surface area contributed by atoms with Crippen LogP contribution in [0.5, 0.6) is 11.5 Å². The van der Waals surface area contributed by atoms with E-state index in [4.69, 9.17) is 10.5 Å². The second-order valence-corrected chi connectivity index (χ2v) is 4.13. The van der Waals surface area contributed by atoms with E-state index in [1.165, 1.54) is 0 Å². The van der Waals surface area contributed by atoms with E-state index in [-0.39, 0.29) is 12.5 Å². The molecular weight excluding hydrogens is 240 g/mol. The number of benzene rings is 2. The van der Waals surface area contributed by atoms with Crippen LogP contribution >= 0.6 is 0 Å². The average molecular weight is 256 g/mol. The quantitative estimate of drug-likeness (QED) is 0.831. The maximum absolute atomic E-state index is 10.6. The highest BCUT2D eigenvalue weighted by Gasteiger charge is 1.98. The van der Waals surface area contributed by atoms with Crippen molar-refractivity contribution in [1.29, 1.82) is 0 Å². The fourth-order valence-corrected chi connectivity index (χ4v) is 1.63. The van der Waals surface area contributed by atoms with Gasteiger partial charge in [-0.1, -0.05) is 30.3 Å². The van der Waals surface area contributed by atoms with Crippen molar-refractivity contribution in [2.45, 2.75) is 6.54 Å². The van der Waals surface area contributed by atoms with Crippen LogP contribution in [0, 0.1) is 0 Å². The Morgan fingerprint density at radius 1 is 1.00 bits per heavy atom. The maximum atomic E-state index is 10.6. The number of rotatable bonds is 6. The number of carbonyl (C=O) groups is 1. The van der Waals surface area contributed by atoms with Crippen LogP contribution in [0.3, 0.4) is 0 Å². The van der Waals surface area contributed by atoms with Crippen molar-refractivity contribution in [2.75, 3.05) is 6.54 Å². The standard InChI is InChI=1S/C15H16N2O2/c16-15(18)11-17-10-12-6-8-14(9-7-12)19-13-4-2-1-3-5-13/h1-9,17H,10-11H2,(H2,16,18). The number of primary amides is 1. The molecule has 0 fully saturated rings. The van der Waals surface area contributed by atoms with Crippen molar-refractivity contribution in [3.63, 3.8) is 0 Å². The molecule has 1 amide bonds. The van der Waals surface area contributed by atoms with Crippen molar-refractivity contribution in [1.82, 2.24) is 5.32 Å². The summed E-state index contributed by atoms with van der Waals surface area (Å²) >= 11 is 0. The molecule has 3 N–H and O–H groups in total. The van der Waals surface area contributed by atoms with Crippen LogP contribution in [0.25, 0.3) is 0 Å². The lowest BCUT2D eigenvalue weighted by Crippen LogP contribution is -2.28. The highest BCUT2D eigenvalue weighted by atomic mass is 16.5. The minimum absolute atomic E-state index is 0.183. The zero-order valence-corrected chi connectivity index (χ0v) is 10.5. The fraction of sp³-hybridized carbons (Fsp3) is 0.133. The van der Waals surface area contributed by atoms with Crippen molar-refractivity contribution in [2.24, 2.45) is 5.73 Å². The largest absolute Gasteiger partial charge is 0.457 e. The van der Waals surface area contributed by atoms with Crippen LogP contribution in [-0.2, 0) is 11.3 Å². The molecule has 0 aliphatic heterocycles. The molecule has 2 aromatic rings. The first kappa shape index (κ1) is 13.1. The molecule has 0 atom stereocenters. The van der Waals surface area contributed by atoms with Gasteiger partial charge in [-0.25, -0.2) is 0 Å². The molecule has 4 heteroatoms. The van der Waals surface area contributed by atoms with Gasteiger partial charge in [0.05, 0.1) is 6.54 Å². The zero-order valence-electron chi connectivity index (χ0n) is 10.5. The van der Waals surface area contributed by atoms with Crippen LogP contribution in [-0.4, -0.2) is 12.5 Å². The predicted octanol–water partition coefficient (Wildman–Crippen LogP) is 2.05. The lowest BCUT2D eigenvalue weighted by Gasteiger charge is -2.07. The van der Waals surface area contributed by atoms with Gasteiger partial charge in [-0.15, -0.1) is 0 Å². The number of nitrogens with one attached hydrogen (secondary N) is 1. The Balaban J connectivity index is 1.89. The summed E-state index contributed by atoms with van der Waals surface area (Å²) in [6.45, 7) is 0.789. The molecule has 98 valence electrons. The Bertz CT molecular complexity index is 524. The van der Waals surface area contributed by atoms with Crippen molar-refractivity contribution >= 4 is 5.91 Å². The average Bonchev–Trinajstić information content (AvgIpc) is 2.42. The second kappa shape index (κ2) is 6.56. The second-order valence-electron chi connectivity index (χ2n) is 4.13. The van der Waals surface area contributed by atoms with Gasteiger partial charge in [0.1, 0.15) is 11.5 Å². The van der Waals surface area contributed by atoms with Gasteiger partial charge in [-0.3, -0.25) is 4.79 Å². The Morgan fingerprint density at radius 3 is 2.26 bits per heavy atom. The Labute approximate surface area is 112 Å². The number of nitrogens with two attached hydrogens (primary N) is 1. The van der Waals surface area contributed by atoms with Crippen LogP contribution < -0.4 is 15.8 Å². The summed E-state index contributed by atoms with van der Waals surface area (Å²) in [6.07, 6.45) is 0. The normalized spacial score (nSPS) is 10.1. The molecule has 0 saturated heterocycles. The third-order valence-electron chi connectivity index (χ3n) is 2.53. The summed E-state index contributed by atoms with van der Waals surface area (Å²) in [6, 6.07) is 17.3. The SMILES string of the molecule is NC(=O)CNCc1ccc(Oc2ccccc2)cc1. The zero-order chi connectivity index (χ0) is 13.5.